The summed E-state index contributed by atoms with van der Waals surface area (Å²) in [6, 6.07) is 5.00. The van der Waals surface area contributed by atoms with E-state index in [2.05, 4.69) is 26.1 Å². The van der Waals surface area contributed by atoms with E-state index in [0.29, 0.717) is 0 Å². The van der Waals surface area contributed by atoms with Crippen molar-refractivity contribution in [2.45, 2.75) is 13.0 Å². The van der Waals surface area contributed by atoms with E-state index in [4.69, 9.17) is 4.74 Å². The lowest BCUT2D eigenvalue weighted by Crippen LogP contribution is -2.31. The maximum atomic E-state index is 12.2. The predicted octanol–water partition coefficient (Wildman–Crippen LogP) is 1.50. The Morgan fingerprint density at radius 1 is 1.18 bits per heavy atom. The van der Waals surface area contributed by atoms with Crippen LogP contribution in [0.25, 0.3) is 0 Å². The number of amides is 1. The molecule has 1 aromatic heterocycles. The number of anilines is 2. The molecule has 0 fully saturated rings. The third-order valence-electron chi connectivity index (χ3n) is 3.44. The standard InChI is InChI=1S/C15H17N7O6/c1-9(7-28-2)18-13-12(22(26)27)14(17-8-16-13)19-20-15(23)10-5-3-4-6-11(10)21(24)25/h3-6,8-9H,7H2,1-2H3,(H,20,23)(H2,16,17,18,19). The Kier molecular flexibility index (Phi) is 6.70. The van der Waals surface area contributed by atoms with Crippen molar-refractivity contribution in [2.24, 2.45) is 0 Å². The maximum absolute atomic E-state index is 12.2. The highest BCUT2D eigenvalue weighted by molar-refractivity contribution is 5.98. The number of rotatable bonds is 9. The number of methoxy groups -OCH3 is 1. The number of para-hydroxylation sites is 1. The van der Waals surface area contributed by atoms with Crippen LogP contribution in [-0.4, -0.2) is 45.5 Å². The molecule has 13 heteroatoms. The maximum Gasteiger partial charge on any atom is 0.354 e. The minimum atomic E-state index is -0.859. The van der Waals surface area contributed by atoms with Gasteiger partial charge in [0.15, 0.2) is 0 Å². The Labute approximate surface area is 158 Å². The number of carbonyl (C=O) groups is 1. The Morgan fingerprint density at radius 3 is 2.50 bits per heavy atom. The molecule has 1 amide bonds. The van der Waals surface area contributed by atoms with Gasteiger partial charge in [-0.2, -0.15) is 0 Å². The van der Waals surface area contributed by atoms with E-state index < -0.39 is 27.1 Å². The Morgan fingerprint density at radius 2 is 1.86 bits per heavy atom. The summed E-state index contributed by atoms with van der Waals surface area (Å²) < 4.78 is 4.96. The highest BCUT2D eigenvalue weighted by atomic mass is 16.6. The average molecular weight is 391 g/mol. The van der Waals surface area contributed by atoms with Crippen LogP contribution in [-0.2, 0) is 4.74 Å². The van der Waals surface area contributed by atoms with Crippen molar-refractivity contribution in [3.8, 4) is 0 Å². The summed E-state index contributed by atoms with van der Waals surface area (Å²) in [4.78, 5) is 40.9. The summed E-state index contributed by atoms with van der Waals surface area (Å²) >= 11 is 0. The van der Waals surface area contributed by atoms with Crippen LogP contribution in [0, 0.1) is 20.2 Å². The number of aromatic nitrogens is 2. The van der Waals surface area contributed by atoms with Gasteiger partial charge in [0, 0.05) is 19.2 Å². The van der Waals surface area contributed by atoms with Gasteiger partial charge < -0.3 is 10.1 Å². The predicted molar refractivity (Wildman–Crippen MR) is 97.8 cm³/mol. The Balaban J connectivity index is 2.23. The topological polar surface area (TPSA) is 174 Å². The molecule has 2 aromatic rings. The van der Waals surface area contributed by atoms with E-state index in [1.807, 2.05) is 0 Å². The number of nitrogens with zero attached hydrogens (tertiary/aromatic N) is 4. The number of carbonyl (C=O) groups excluding carboxylic acids is 1. The fraction of sp³-hybridized carbons (Fsp3) is 0.267. The van der Waals surface area contributed by atoms with Crippen molar-refractivity contribution in [1.82, 2.24) is 15.4 Å². The zero-order valence-corrected chi connectivity index (χ0v) is 14.9. The van der Waals surface area contributed by atoms with E-state index in [-0.39, 0.29) is 29.8 Å². The van der Waals surface area contributed by atoms with Gasteiger partial charge in [0.25, 0.3) is 11.6 Å². The number of nitrogens with one attached hydrogen (secondary N) is 3. The minimum Gasteiger partial charge on any atom is -0.383 e. The van der Waals surface area contributed by atoms with Gasteiger partial charge in [-0.05, 0) is 13.0 Å². The molecular weight excluding hydrogens is 374 g/mol. The molecule has 2 rings (SSSR count). The van der Waals surface area contributed by atoms with Crippen LogP contribution in [0.2, 0.25) is 0 Å². The van der Waals surface area contributed by atoms with Crippen LogP contribution >= 0.6 is 0 Å². The number of hydrogen-bond donors (Lipinski definition) is 3. The first kappa shape index (κ1) is 20.4. The number of nitro benzene ring substituents is 1. The summed E-state index contributed by atoms with van der Waals surface area (Å²) in [5, 5.41) is 25.3. The van der Waals surface area contributed by atoms with Gasteiger partial charge in [-0.15, -0.1) is 0 Å². The molecule has 148 valence electrons. The second-order valence-electron chi connectivity index (χ2n) is 5.53. The highest BCUT2D eigenvalue weighted by Gasteiger charge is 2.25. The van der Waals surface area contributed by atoms with E-state index in [1.165, 1.54) is 31.4 Å². The summed E-state index contributed by atoms with van der Waals surface area (Å²) in [6.07, 6.45) is 1.06. The lowest BCUT2D eigenvalue weighted by atomic mass is 10.2. The van der Waals surface area contributed by atoms with Gasteiger partial charge in [-0.3, -0.25) is 35.9 Å². The fourth-order valence-electron chi connectivity index (χ4n) is 2.28. The molecule has 1 aromatic carbocycles. The van der Waals surface area contributed by atoms with Gasteiger partial charge in [-0.25, -0.2) is 9.97 Å². The number of nitro groups is 2. The molecule has 0 saturated carbocycles. The van der Waals surface area contributed by atoms with Gasteiger partial charge in [0.05, 0.1) is 16.5 Å². The van der Waals surface area contributed by atoms with Crippen LogP contribution in [0.4, 0.5) is 23.0 Å². The molecule has 0 radical (unpaired) electrons. The minimum absolute atomic E-state index is 0.0769. The molecule has 28 heavy (non-hydrogen) atoms. The second-order valence-corrected chi connectivity index (χ2v) is 5.53. The largest absolute Gasteiger partial charge is 0.383 e. The molecule has 0 aliphatic carbocycles. The first-order chi connectivity index (χ1) is 13.3. The Bertz CT molecular complexity index is 891. The summed E-state index contributed by atoms with van der Waals surface area (Å²) in [6.45, 7) is 2.01. The van der Waals surface area contributed by atoms with Crippen LogP contribution in [0.1, 0.15) is 17.3 Å². The number of hydrogen-bond acceptors (Lipinski definition) is 10. The molecule has 1 unspecified atom stereocenters. The number of ether oxygens (including phenoxy) is 1. The summed E-state index contributed by atoms with van der Waals surface area (Å²) in [7, 11) is 1.48. The molecule has 0 spiro atoms. The third-order valence-corrected chi connectivity index (χ3v) is 3.44. The van der Waals surface area contributed by atoms with Crippen molar-refractivity contribution in [1.29, 1.82) is 0 Å². The quantitative estimate of drug-likeness (QED) is 0.419. The van der Waals surface area contributed by atoms with E-state index in [0.717, 1.165) is 6.33 Å². The third kappa shape index (κ3) is 4.85. The monoisotopic (exact) mass is 391 g/mol. The van der Waals surface area contributed by atoms with Crippen LogP contribution in [0.5, 0.6) is 0 Å². The van der Waals surface area contributed by atoms with Crippen LogP contribution in [0.15, 0.2) is 30.6 Å². The summed E-state index contributed by atoms with van der Waals surface area (Å²) in [5.74, 6) is -1.23. The number of benzene rings is 1. The molecule has 0 bridgehead atoms. The Hall–Kier alpha value is -3.87. The van der Waals surface area contributed by atoms with Crippen molar-refractivity contribution in [2.75, 3.05) is 24.5 Å². The van der Waals surface area contributed by atoms with Crippen molar-refractivity contribution in [3.63, 3.8) is 0 Å². The molecule has 3 N–H and O–H groups in total. The van der Waals surface area contributed by atoms with E-state index >= 15 is 0 Å². The second kappa shape index (κ2) is 9.18. The highest BCUT2D eigenvalue weighted by Crippen LogP contribution is 2.29. The molecule has 0 aliphatic rings. The first-order valence-corrected chi connectivity index (χ1v) is 7.89. The van der Waals surface area contributed by atoms with Gasteiger partial charge in [0.2, 0.25) is 11.6 Å². The van der Waals surface area contributed by atoms with Crippen molar-refractivity contribution in [3.05, 3.63) is 56.4 Å². The van der Waals surface area contributed by atoms with Crippen LogP contribution < -0.4 is 16.2 Å². The van der Waals surface area contributed by atoms with Crippen LogP contribution in [0.3, 0.4) is 0 Å². The first-order valence-electron chi connectivity index (χ1n) is 7.89. The molecule has 0 aliphatic heterocycles. The molecular formula is C15H17N7O6. The molecule has 1 atom stereocenters. The van der Waals surface area contributed by atoms with Gasteiger partial charge in [-0.1, -0.05) is 12.1 Å². The fourth-order valence-corrected chi connectivity index (χ4v) is 2.28. The molecule has 0 saturated heterocycles. The molecule has 1 heterocycles. The van der Waals surface area contributed by atoms with Crippen molar-refractivity contribution < 1.29 is 19.4 Å². The smallest absolute Gasteiger partial charge is 0.354 e. The van der Waals surface area contributed by atoms with E-state index in [1.54, 1.807) is 6.92 Å². The molecule has 13 nitrogen and oxygen atoms in total. The zero-order chi connectivity index (χ0) is 20.7. The van der Waals surface area contributed by atoms with E-state index in [9.17, 15) is 25.0 Å². The summed E-state index contributed by atoms with van der Waals surface area (Å²) in [5.41, 5.74) is 3.36. The lowest BCUT2D eigenvalue weighted by molar-refractivity contribution is -0.385. The SMILES string of the molecule is COCC(C)Nc1ncnc(NNC(=O)c2ccccc2[N+](=O)[O-])c1[N+](=O)[O-]. The zero-order valence-electron chi connectivity index (χ0n) is 14.9. The van der Waals surface area contributed by atoms with Gasteiger partial charge >= 0.3 is 5.69 Å². The lowest BCUT2D eigenvalue weighted by Gasteiger charge is -2.14. The normalized spacial score (nSPS) is 11.4. The number of hydrazine groups is 1. The van der Waals surface area contributed by atoms with Crippen molar-refractivity contribution >= 4 is 28.9 Å². The van der Waals surface area contributed by atoms with Gasteiger partial charge in [0.1, 0.15) is 11.9 Å². The average Bonchev–Trinajstić information content (AvgIpc) is 2.66.